The number of ether oxygens (including phenoxy) is 1. The number of rotatable bonds is 4. The SMILES string of the molecule is CC(O)CN(C)c1cc(I)cc(N2CCOCC2)n1. The lowest BCUT2D eigenvalue weighted by molar-refractivity contribution is 0.122. The predicted molar refractivity (Wildman–Crippen MR) is 84.9 cm³/mol. The highest BCUT2D eigenvalue weighted by Gasteiger charge is 2.15. The van der Waals surface area contributed by atoms with Gasteiger partial charge < -0.3 is 19.6 Å². The van der Waals surface area contributed by atoms with E-state index in [1.165, 1.54) is 0 Å². The van der Waals surface area contributed by atoms with E-state index in [9.17, 15) is 5.11 Å². The van der Waals surface area contributed by atoms with Crippen LogP contribution in [-0.2, 0) is 4.74 Å². The third-order valence-corrected chi connectivity index (χ3v) is 3.65. The normalized spacial score (nSPS) is 17.4. The van der Waals surface area contributed by atoms with Crippen molar-refractivity contribution >= 4 is 34.2 Å². The lowest BCUT2D eigenvalue weighted by Gasteiger charge is -2.29. The highest BCUT2D eigenvalue weighted by molar-refractivity contribution is 14.1. The molecule has 0 saturated carbocycles. The second-order valence-electron chi connectivity index (χ2n) is 4.83. The van der Waals surface area contributed by atoms with Crippen molar-refractivity contribution in [3.8, 4) is 0 Å². The van der Waals surface area contributed by atoms with Gasteiger partial charge in [-0.25, -0.2) is 4.98 Å². The van der Waals surface area contributed by atoms with Crippen molar-refractivity contribution in [2.75, 3.05) is 49.7 Å². The van der Waals surface area contributed by atoms with Crippen LogP contribution < -0.4 is 9.80 Å². The molecule has 1 fully saturated rings. The quantitative estimate of drug-likeness (QED) is 0.803. The number of hydrogen-bond donors (Lipinski definition) is 1. The molecule has 0 bridgehead atoms. The second kappa shape index (κ2) is 6.71. The molecule has 2 rings (SSSR count). The topological polar surface area (TPSA) is 48.8 Å². The van der Waals surface area contributed by atoms with Crippen LogP contribution in [0.5, 0.6) is 0 Å². The standard InChI is InChI=1S/C13H20IN3O2/c1-10(18)9-16(2)12-7-11(14)8-13(15-12)17-3-5-19-6-4-17/h7-8,10,18H,3-6,9H2,1-2H3. The first-order chi connectivity index (χ1) is 9.06. The van der Waals surface area contributed by atoms with Gasteiger partial charge in [-0.15, -0.1) is 0 Å². The molecule has 1 unspecified atom stereocenters. The van der Waals surface area contributed by atoms with Gasteiger partial charge in [0, 0.05) is 30.3 Å². The van der Waals surface area contributed by atoms with Crippen molar-refractivity contribution in [3.63, 3.8) is 0 Å². The number of anilines is 2. The van der Waals surface area contributed by atoms with Crippen LogP contribution in [0.2, 0.25) is 0 Å². The van der Waals surface area contributed by atoms with Crippen LogP contribution in [0.4, 0.5) is 11.6 Å². The molecule has 6 heteroatoms. The van der Waals surface area contributed by atoms with E-state index in [4.69, 9.17) is 9.72 Å². The largest absolute Gasteiger partial charge is 0.392 e. The van der Waals surface area contributed by atoms with Gasteiger partial charge in [0.15, 0.2) is 0 Å². The van der Waals surface area contributed by atoms with Crippen molar-refractivity contribution in [2.45, 2.75) is 13.0 Å². The van der Waals surface area contributed by atoms with E-state index in [0.29, 0.717) is 6.54 Å². The molecule has 1 aromatic heterocycles. The number of morpholine rings is 1. The maximum absolute atomic E-state index is 9.47. The van der Waals surface area contributed by atoms with E-state index in [1.807, 2.05) is 18.0 Å². The summed E-state index contributed by atoms with van der Waals surface area (Å²) in [6.07, 6.45) is -0.364. The molecule has 1 atom stereocenters. The molecule has 106 valence electrons. The monoisotopic (exact) mass is 377 g/mol. The third kappa shape index (κ3) is 4.19. The number of aromatic nitrogens is 1. The minimum absolute atomic E-state index is 0.364. The van der Waals surface area contributed by atoms with Crippen molar-refractivity contribution in [2.24, 2.45) is 0 Å². The van der Waals surface area contributed by atoms with Gasteiger partial charge in [-0.1, -0.05) is 0 Å². The molecule has 5 nitrogen and oxygen atoms in total. The Labute approximate surface area is 127 Å². The Balaban J connectivity index is 2.18. The van der Waals surface area contributed by atoms with Crippen LogP contribution in [0.1, 0.15) is 6.92 Å². The molecular weight excluding hydrogens is 357 g/mol. The Morgan fingerprint density at radius 3 is 2.79 bits per heavy atom. The maximum atomic E-state index is 9.47. The number of pyridine rings is 1. The van der Waals surface area contributed by atoms with Crippen molar-refractivity contribution < 1.29 is 9.84 Å². The van der Waals surface area contributed by atoms with Gasteiger partial charge in [0.2, 0.25) is 0 Å². The fourth-order valence-electron chi connectivity index (χ4n) is 2.11. The van der Waals surface area contributed by atoms with E-state index < -0.39 is 0 Å². The van der Waals surface area contributed by atoms with Crippen LogP contribution in [-0.4, -0.2) is 56.1 Å². The molecule has 1 saturated heterocycles. The fourth-order valence-corrected chi connectivity index (χ4v) is 2.67. The van der Waals surface area contributed by atoms with Crippen LogP contribution in [0.25, 0.3) is 0 Å². The van der Waals surface area contributed by atoms with E-state index in [1.54, 1.807) is 6.92 Å². The lowest BCUT2D eigenvalue weighted by Crippen LogP contribution is -2.37. The van der Waals surface area contributed by atoms with E-state index >= 15 is 0 Å². The molecule has 19 heavy (non-hydrogen) atoms. The summed E-state index contributed by atoms with van der Waals surface area (Å²) in [4.78, 5) is 8.91. The Bertz CT molecular complexity index is 422. The number of aliphatic hydroxyl groups is 1. The summed E-state index contributed by atoms with van der Waals surface area (Å²) in [5, 5.41) is 9.47. The van der Waals surface area contributed by atoms with Gasteiger partial charge in [0.25, 0.3) is 0 Å². The summed E-state index contributed by atoms with van der Waals surface area (Å²) in [7, 11) is 1.95. The molecule has 0 aromatic carbocycles. The molecule has 1 aliphatic heterocycles. The van der Waals surface area contributed by atoms with Gasteiger partial charge >= 0.3 is 0 Å². The smallest absolute Gasteiger partial charge is 0.132 e. The molecular formula is C13H20IN3O2. The number of hydrogen-bond acceptors (Lipinski definition) is 5. The molecule has 2 heterocycles. The first-order valence-corrected chi connectivity index (χ1v) is 7.53. The predicted octanol–water partition coefficient (Wildman–Crippen LogP) is 1.34. The Morgan fingerprint density at radius 1 is 1.47 bits per heavy atom. The average Bonchev–Trinajstić information content (AvgIpc) is 2.38. The summed E-state index contributed by atoms with van der Waals surface area (Å²) in [5.74, 6) is 1.89. The number of aliphatic hydroxyl groups excluding tert-OH is 1. The second-order valence-corrected chi connectivity index (χ2v) is 6.08. The lowest BCUT2D eigenvalue weighted by atomic mass is 10.3. The van der Waals surface area contributed by atoms with Crippen LogP contribution in [0.3, 0.4) is 0 Å². The van der Waals surface area contributed by atoms with Gasteiger partial charge in [-0.3, -0.25) is 0 Å². The molecule has 0 amide bonds. The number of likely N-dealkylation sites (N-methyl/N-ethyl adjacent to an activating group) is 1. The van der Waals surface area contributed by atoms with E-state index in [2.05, 4.69) is 33.6 Å². The van der Waals surface area contributed by atoms with E-state index in [-0.39, 0.29) is 6.10 Å². The molecule has 0 radical (unpaired) electrons. The van der Waals surface area contributed by atoms with Gasteiger partial charge in [0.1, 0.15) is 11.6 Å². The third-order valence-electron chi connectivity index (χ3n) is 3.03. The highest BCUT2D eigenvalue weighted by Crippen LogP contribution is 2.22. The Morgan fingerprint density at radius 2 is 2.16 bits per heavy atom. The fraction of sp³-hybridized carbons (Fsp3) is 0.615. The van der Waals surface area contributed by atoms with Crippen LogP contribution in [0, 0.1) is 3.57 Å². The molecule has 0 spiro atoms. The summed E-state index contributed by atoms with van der Waals surface area (Å²) in [5.41, 5.74) is 0. The first kappa shape index (κ1) is 14.8. The minimum Gasteiger partial charge on any atom is -0.392 e. The number of nitrogens with zero attached hydrogens (tertiary/aromatic N) is 3. The number of halogens is 1. The van der Waals surface area contributed by atoms with Gasteiger partial charge in [-0.2, -0.15) is 0 Å². The van der Waals surface area contributed by atoms with Crippen molar-refractivity contribution in [3.05, 3.63) is 15.7 Å². The van der Waals surface area contributed by atoms with Crippen LogP contribution >= 0.6 is 22.6 Å². The molecule has 0 aliphatic carbocycles. The Hall–Kier alpha value is -0.600. The molecule has 1 N–H and O–H groups in total. The van der Waals surface area contributed by atoms with Gasteiger partial charge in [-0.05, 0) is 41.6 Å². The first-order valence-electron chi connectivity index (χ1n) is 6.46. The van der Waals surface area contributed by atoms with Crippen LogP contribution in [0.15, 0.2) is 12.1 Å². The summed E-state index contributed by atoms with van der Waals surface area (Å²) in [6, 6.07) is 4.12. The zero-order valence-electron chi connectivity index (χ0n) is 11.3. The molecule has 1 aliphatic rings. The molecule has 1 aromatic rings. The summed E-state index contributed by atoms with van der Waals surface area (Å²) in [6.45, 7) is 5.64. The summed E-state index contributed by atoms with van der Waals surface area (Å²) >= 11 is 2.31. The van der Waals surface area contributed by atoms with Crippen molar-refractivity contribution in [1.82, 2.24) is 4.98 Å². The Kier molecular flexibility index (Phi) is 5.23. The average molecular weight is 377 g/mol. The highest BCUT2D eigenvalue weighted by atomic mass is 127. The van der Waals surface area contributed by atoms with Crippen molar-refractivity contribution in [1.29, 1.82) is 0 Å². The minimum atomic E-state index is -0.364. The van der Waals surface area contributed by atoms with Gasteiger partial charge in [0.05, 0.1) is 19.3 Å². The summed E-state index contributed by atoms with van der Waals surface area (Å²) < 4.78 is 6.52. The maximum Gasteiger partial charge on any atom is 0.132 e. The zero-order valence-corrected chi connectivity index (χ0v) is 13.5. The van der Waals surface area contributed by atoms with E-state index in [0.717, 1.165) is 41.5 Å². The zero-order chi connectivity index (χ0) is 13.8.